The molecule has 1 fully saturated rings. The van der Waals surface area contributed by atoms with Crippen LogP contribution in [-0.2, 0) is 19.7 Å². The van der Waals surface area contributed by atoms with Crippen molar-refractivity contribution in [3.63, 3.8) is 0 Å². The van der Waals surface area contributed by atoms with Crippen molar-refractivity contribution in [2.24, 2.45) is 0 Å². The van der Waals surface area contributed by atoms with Crippen LogP contribution in [0.15, 0.2) is 4.52 Å². The molecule has 0 N–H and O–H groups in total. The first-order chi connectivity index (χ1) is 9.14. The quantitative estimate of drug-likeness (QED) is 0.762. The Hall–Kier alpha value is -1.43. The Morgan fingerprint density at radius 1 is 1.47 bits per heavy atom. The maximum Gasteiger partial charge on any atom is 0.321 e. The van der Waals surface area contributed by atoms with E-state index in [2.05, 4.69) is 10.1 Å². The van der Waals surface area contributed by atoms with Gasteiger partial charge in [-0.3, -0.25) is 4.79 Å². The number of hydrogen-bond donors (Lipinski definition) is 0. The molecule has 0 aliphatic heterocycles. The fourth-order valence-corrected chi connectivity index (χ4v) is 2.45. The van der Waals surface area contributed by atoms with Gasteiger partial charge in [-0.05, 0) is 26.7 Å². The largest absolute Gasteiger partial charge is 0.465 e. The van der Waals surface area contributed by atoms with E-state index in [0.29, 0.717) is 31.2 Å². The summed E-state index contributed by atoms with van der Waals surface area (Å²) in [5, 5.41) is 3.90. The first-order valence-electron chi connectivity index (χ1n) is 6.68. The maximum atomic E-state index is 12.2. The van der Waals surface area contributed by atoms with Crippen LogP contribution >= 0.6 is 0 Å². The molecule has 0 spiro atoms. The van der Waals surface area contributed by atoms with Gasteiger partial charge < -0.3 is 14.0 Å². The summed E-state index contributed by atoms with van der Waals surface area (Å²) in [5.74, 6) is 0.572. The average Bonchev–Trinajstić information content (AvgIpc) is 3.07. The van der Waals surface area contributed by atoms with E-state index in [4.69, 9.17) is 14.0 Å². The molecule has 1 heterocycles. The van der Waals surface area contributed by atoms with Gasteiger partial charge in [0.25, 0.3) is 0 Å². The minimum Gasteiger partial charge on any atom is -0.465 e. The van der Waals surface area contributed by atoms with E-state index in [0.717, 1.165) is 12.8 Å². The monoisotopic (exact) mass is 268 g/mol. The Bertz CT molecular complexity index is 438. The van der Waals surface area contributed by atoms with E-state index < -0.39 is 5.41 Å². The third kappa shape index (κ3) is 2.49. The van der Waals surface area contributed by atoms with Crippen LogP contribution in [0, 0.1) is 0 Å². The standard InChI is InChI=1S/C13H20N2O4/c1-4-18-12(16)13(7-5-6-8-13)11-14-10(15-19-11)9(2)17-3/h9H,4-8H2,1-3H3. The lowest BCUT2D eigenvalue weighted by Crippen LogP contribution is -2.35. The molecule has 1 aromatic heterocycles. The first kappa shape index (κ1) is 14.0. The normalized spacial score (nSPS) is 19.3. The predicted molar refractivity (Wildman–Crippen MR) is 66.5 cm³/mol. The van der Waals surface area contributed by atoms with Crippen molar-refractivity contribution in [3.8, 4) is 0 Å². The third-order valence-corrected chi connectivity index (χ3v) is 3.69. The summed E-state index contributed by atoms with van der Waals surface area (Å²) in [7, 11) is 1.58. The van der Waals surface area contributed by atoms with Crippen LogP contribution in [0.5, 0.6) is 0 Å². The van der Waals surface area contributed by atoms with Crippen LogP contribution in [0.4, 0.5) is 0 Å². The van der Waals surface area contributed by atoms with Gasteiger partial charge in [-0.15, -0.1) is 0 Å². The van der Waals surface area contributed by atoms with Crippen molar-refractivity contribution in [2.75, 3.05) is 13.7 Å². The Morgan fingerprint density at radius 3 is 2.74 bits per heavy atom. The van der Waals surface area contributed by atoms with Crippen molar-refractivity contribution in [1.29, 1.82) is 0 Å². The van der Waals surface area contributed by atoms with Crippen LogP contribution in [0.2, 0.25) is 0 Å². The van der Waals surface area contributed by atoms with Gasteiger partial charge in [-0.1, -0.05) is 18.0 Å². The van der Waals surface area contributed by atoms with E-state index in [-0.39, 0.29) is 12.1 Å². The molecule has 0 bridgehead atoms. The molecule has 1 aromatic rings. The summed E-state index contributed by atoms with van der Waals surface area (Å²) in [6.45, 7) is 3.99. The van der Waals surface area contributed by atoms with Crippen LogP contribution < -0.4 is 0 Å². The summed E-state index contributed by atoms with van der Waals surface area (Å²) in [5.41, 5.74) is -0.755. The highest BCUT2D eigenvalue weighted by atomic mass is 16.5. The lowest BCUT2D eigenvalue weighted by molar-refractivity contribution is -0.151. The van der Waals surface area contributed by atoms with Crippen LogP contribution in [0.25, 0.3) is 0 Å². The molecule has 6 heteroatoms. The molecule has 1 unspecified atom stereocenters. The van der Waals surface area contributed by atoms with Crippen LogP contribution in [0.1, 0.15) is 57.3 Å². The van der Waals surface area contributed by atoms with Crippen molar-refractivity contribution in [2.45, 2.75) is 51.0 Å². The highest BCUT2D eigenvalue weighted by molar-refractivity contribution is 5.82. The topological polar surface area (TPSA) is 74.5 Å². The second-order valence-corrected chi connectivity index (χ2v) is 4.85. The molecule has 2 rings (SSSR count). The van der Waals surface area contributed by atoms with Crippen molar-refractivity contribution in [1.82, 2.24) is 10.1 Å². The highest BCUT2D eigenvalue weighted by Gasteiger charge is 2.49. The van der Waals surface area contributed by atoms with Gasteiger partial charge in [0.2, 0.25) is 5.89 Å². The number of hydrogen-bond acceptors (Lipinski definition) is 6. The molecule has 0 amide bonds. The summed E-state index contributed by atoms with van der Waals surface area (Å²) in [6.07, 6.45) is 3.09. The number of nitrogens with zero attached hydrogens (tertiary/aromatic N) is 2. The van der Waals surface area contributed by atoms with Crippen LogP contribution in [0.3, 0.4) is 0 Å². The Morgan fingerprint density at radius 2 is 2.16 bits per heavy atom. The number of esters is 1. The van der Waals surface area contributed by atoms with Gasteiger partial charge in [0.15, 0.2) is 5.82 Å². The summed E-state index contributed by atoms with van der Waals surface area (Å²) in [6, 6.07) is 0. The SMILES string of the molecule is CCOC(=O)C1(c2nc(C(C)OC)no2)CCCC1. The van der Waals surface area contributed by atoms with Crippen molar-refractivity contribution >= 4 is 5.97 Å². The second kappa shape index (κ2) is 5.69. The summed E-state index contributed by atoms with van der Waals surface area (Å²) in [4.78, 5) is 16.6. The number of rotatable bonds is 5. The lowest BCUT2D eigenvalue weighted by atomic mass is 9.86. The molecule has 0 radical (unpaired) electrons. The van der Waals surface area contributed by atoms with Crippen molar-refractivity contribution < 1.29 is 18.8 Å². The number of carbonyl (C=O) groups is 1. The van der Waals surface area contributed by atoms with E-state index >= 15 is 0 Å². The predicted octanol–water partition coefficient (Wildman–Crippen LogP) is 2.15. The Labute approximate surface area is 112 Å². The van der Waals surface area contributed by atoms with Crippen molar-refractivity contribution in [3.05, 3.63) is 11.7 Å². The molecule has 0 aromatic carbocycles. The molecule has 1 atom stereocenters. The molecular formula is C13H20N2O4. The molecule has 19 heavy (non-hydrogen) atoms. The van der Waals surface area contributed by atoms with Gasteiger partial charge in [0.05, 0.1) is 6.61 Å². The van der Waals surface area contributed by atoms with E-state index in [1.165, 1.54) is 0 Å². The van der Waals surface area contributed by atoms with Gasteiger partial charge in [-0.25, -0.2) is 0 Å². The zero-order valence-corrected chi connectivity index (χ0v) is 11.6. The summed E-state index contributed by atoms with van der Waals surface area (Å²) >= 11 is 0. The number of methoxy groups -OCH3 is 1. The lowest BCUT2D eigenvalue weighted by Gasteiger charge is -2.21. The zero-order chi connectivity index (χ0) is 13.9. The van der Waals surface area contributed by atoms with Gasteiger partial charge in [-0.2, -0.15) is 4.98 Å². The molecule has 6 nitrogen and oxygen atoms in total. The van der Waals surface area contributed by atoms with Gasteiger partial charge in [0.1, 0.15) is 11.5 Å². The number of ether oxygens (including phenoxy) is 2. The Balaban J connectivity index is 2.29. The fourth-order valence-electron chi connectivity index (χ4n) is 2.45. The zero-order valence-electron chi connectivity index (χ0n) is 11.6. The maximum absolute atomic E-state index is 12.2. The highest BCUT2D eigenvalue weighted by Crippen LogP contribution is 2.41. The van der Waals surface area contributed by atoms with E-state index in [1.807, 2.05) is 6.92 Å². The smallest absolute Gasteiger partial charge is 0.321 e. The first-order valence-corrected chi connectivity index (χ1v) is 6.68. The molecule has 1 aliphatic rings. The van der Waals surface area contributed by atoms with E-state index in [9.17, 15) is 4.79 Å². The minimum atomic E-state index is -0.755. The second-order valence-electron chi connectivity index (χ2n) is 4.85. The summed E-state index contributed by atoms with van der Waals surface area (Å²) < 4.78 is 15.6. The van der Waals surface area contributed by atoms with Crippen LogP contribution in [-0.4, -0.2) is 29.8 Å². The molecule has 106 valence electrons. The molecule has 1 saturated carbocycles. The average molecular weight is 268 g/mol. The Kier molecular flexibility index (Phi) is 4.19. The number of carbonyl (C=O) groups excluding carboxylic acids is 1. The van der Waals surface area contributed by atoms with E-state index in [1.54, 1.807) is 14.0 Å². The molecular weight excluding hydrogens is 248 g/mol. The van der Waals surface area contributed by atoms with Gasteiger partial charge in [0, 0.05) is 7.11 Å². The number of aromatic nitrogens is 2. The third-order valence-electron chi connectivity index (χ3n) is 3.69. The van der Waals surface area contributed by atoms with Gasteiger partial charge >= 0.3 is 5.97 Å². The molecule has 0 saturated heterocycles. The minimum absolute atomic E-state index is 0.252. The molecule has 1 aliphatic carbocycles. The fraction of sp³-hybridized carbons (Fsp3) is 0.769.